The number of nitrogens with one attached hydrogen (secondary N) is 1. The van der Waals surface area contributed by atoms with E-state index < -0.39 is 33.4 Å². The highest BCUT2D eigenvalue weighted by Crippen LogP contribution is 2.28. The first kappa shape index (κ1) is 27.8. The first-order chi connectivity index (χ1) is 16.4. The van der Waals surface area contributed by atoms with Gasteiger partial charge in [0, 0.05) is 25.2 Å². The average Bonchev–Trinajstić information content (AvgIpc) is 2.79. The van der Waals surface area contributed by atoms with E-state index in [1.165, 1.54) is 17.0 Å². The van der Waals surface area contributed by atoms with Crippen LogP contribution < -0.4 is 9.62 Å². The zero-order valence-corrected chi connectivity index (χ0v) is 21.5. The largest absolute Gasteiger partial charge is 0.354 e. The van der Waals surface area contributed by atoms with Crippen LogP contribution in [-0.4, -0.2) is 55.4 Å². The van der Waals surface area contributed by atoms with Crippen molar-refractivity contribution in [3.05, 3.63) is 69.3 Å². The molecule has 1 unspecified atom stereocenters. The SMILES string of the molecule is CCCNC(=O)C(C)N(Cc1ccccc1C)C(=O)CN(c1cc([N+](=O)[O-])ccc1C)S(C)(=O)=O. The number of hydrogen-bond acceptors (Lipinski definition) is 6. The molecule has 0 aliphatic rings. The number of amides is 2. The van der Waals surface area contributed by atoms with E-state index in [2.05, 4.69) is 5.32 Å². The molecule has 10 nitrogen and oxygen atoms in total. The zero-order valence-electron chi connectivity index (χ0n) is 20.6. The van der Waals surface area contributed by atoms with Crippen molar-refractivity contribution in [2.45, 2.75) is 46.7 Å². The van der Waals surface area contributed by atoms with Gasteiger partial charge in [-0.25, -0.2) is 8.42 Å². The zero-order chi connectivity index (χ0) is 26.3. The number of nitro benzene ring substituents is 1. The summed E-state index contributed by atoms with van der Waals surface area (Å²) in [7, 11) is -3.99. The Hall–Kier alpha value is -3.47. The quantitative estimate of drug-likeness (QED) is 0.370. The molecule has 2 aromatic carbocycles. The van der Waals surface area contributed by atoms with Gasteiger partial charge in [-0.3, -0.25) is 24.0 Å². The highest BCUT2D eigenvalue weighted by atomic mass is 32.2. The number of carbonyl (C=O) groups excluding carboxylic acids is 2. The Bertz CT molecular complexity index is 1200. The fourth-order valence-electron chi connectivity index (χ4n) is 3.52. The Morgan fingerprint density at radius 3 is 2.34 bits per heavy atom. The van der Waals surface area contributed by atoms with E-state index in [1.807, 2.05) is 38.1 Å². The molecule has 0 aliphatic carbocycles. The smallest absolute Gasteiger partial charge is 0.271 e. The van der Waals surface area contributed by atoms with Gasteiger partial charge in [-0.1, -0.05) is 37.3 Å². The van der Waals surface area contributed by atoms with Gasteiger partial charge in [0.05, 0.1) is 16.9 Å². The molecule has 2 amide bonds. The lowest BCUT2D eigenvalue weighted by Crippen LogP contribution is -2.51. The summed E-state index contributed by atoms with van der Waals surface area (Å²) >= 11 is 0. The summed E-state index contributed by atoms with van der Waals surface area (Å²) in [6.45, 7) is 6.91. The van der Waals surface area contributed by atoms with E-state index in [0.29, 0.717) is 12.1 Å². The molecule has 0 radical (unpaired) electrons. The molecule has 0 heterocycles. The summed E-state index contributed by atoms with van der Waals surface area (Å²) in [5.74, 6) is -0.963. The normalized spacial score (nSPS) is 12.0. The van der Waals surface area contributed by atoms with Crippen LogP contribution in [-0.2, 0) is 26.2 Å². The molecular weight excluding hydrogens is 472 g/mol. The van der Waals surface area contributed by atoms with Crippen LogP contribution in [0.3, 0.4) is 0 Å². The van der Waals surface area contributed by atoms with Crippen LogP contribution >= 0.6 is 0 Å². The molecule has 0 aromatic heterocycles. The van der Waals surface area contributed by atoms with Crippen LogP contribution in [0.2, 0.25) is 0 Å². The molecule has 0 spiro atoms. The van der Waals surface area contributed by atoms with Crippen LogP contribution in [0.25, 0.3) is 0 Å². The number of hydrogen-bond donors (Lipinski definition) is 1. The van der Waals surface area contributed by atoms with E-state index in [-0.39, 0.29) is 23.8 Å². The minimum atomic E-state index is -3.99. The van der Waals surface area contributed by atoms with Gasteiger partial charge in [-0.2, -0.15) is 0 Å². The maximum Gasteiger partial charge on any atom is 0.271 e. The van der Waals surface area contributed by atoms with Gasteiger partial charge in [0.25, 0.3) is 5.69 Å². The summed E-state index contributed by atoms with van der Waals surface area (Å²) in [4.78, 5) is 38.3. The van der Waals surface area contributed by atoms with E-state index in [0.717, 1.165) is 34.2 Å². The Kier molecular flexibility index (Phi) is 9.35. The average molecular weight is 505 g/mol. The first-order valence-electron chi connectivity index (χ1n) is 11.2. The van der Waals surface area contributed by atoms with Gasteiger partial charge in [0.1, 0.15) is 12.6 Å². The van der Waals surface area contributed by atoms with E-state index in [1.54, 1.807) is 13.8 Å². The van der Waals surface area contributed by atoms with Crippen molar-refractivity contribution >= 4 is 33.2 Å². The number of nitrogens with zero attached hydrogens (tertiary/aromatic N) is 3. The van der Waals surface area contributed by atoms with Crippen molar-refractivity contribution in [1.82, 2.24) is 10.2 Å². The minimum absolute atomic E-state index is 0.0361. The van der Waals surface area contributed by atoms with Crippen molar-refractivity contribution in [3.63, 3.8) is 0 Å². The van der Waals surface area contributed by atoms with Crippen LogP contribution in [0, 0.1) is 24.0 Å². The summed E-state index contributed by atoms with van der Waals surface area (Å²) in [6, 6.07) is 10.4. The van der Waals surface area contributed by atoms with Gasteiger partial charge in [-0.05, 0) is 43.9 Å². The monoisotopic (exact) mass is 504 g/mol. The molecule has 35 heavy (non-hydrogen) atoms. The molecule has 1 atom stereocenters. The molecule has 0 saturated carbocycles. The molecule has 11 heteroatoms. The van der Waals surface area contributed by atoms with Crippen molar-refractivity contribution < 1.29 is 22.9 Å². The number of anilines is 1. The predicted octanol–water partition coefficient (Wildman–Crippen LogP) is 2.92. The lowest BCUT2D eigenvalue weighted by atomic mass is 10.1. The fourth-order valence-corrected chi connectivity index (χ4v) is 4.42. The molecule has 0 saturated heterocycles. The van der Waals surface area contributed by atoms with Crippen LogP contribution in [0.15, 0.2) is 42.5 Å². The molecule has 2 rings (SSSR count). The number of aryl methyl sites for hydroxylation is 2. The van der Waals surface area contributed by atoms with Gasteiger partial charge in [0.2, 0.25) is 21.8 Å². The number of carbonyl (C=O) groups is 2. The second-order valence-electron chi connectivity index (χ2n) is 8.41. The third kappa shape index (κ3) is 7.25. The topological polar surface area (TPSA) is 130 Å². The van der Waals surface area contributed by atoms with Crippen molar-refractivity contribution in [2.75, 3.05) is 23.7 Å². The summed E-state index contributed by atoms with van der Waals surface area (Å²) in [6.07, 6.45) is 1.65. The maximum absolute atomic E-state index is 13.5. The van der Waals surface area contributed by atoms with E-state index >= 15 is 0 Å². The number of non-ortho nitro benzene ring substituents is 1. The highest BCUT2D eigenvalue weighted by molar-refractivity contribution is 7.92. The summed E-state index contributed by atoms with van der Waals surface area (Å²) in [5, 5.41) is 14.0. The van der Waals surface area contributed by atoms with Crippen molar-refractivity contribution in [3.8, 4) is 0 Å². The second-order valence-corrected chi connectivity index (χ2v) is 10.3. The maximum atomic E-state index is 13.5. The Labute approximate surface area is 206 Å². The van der Waals surface area contributed by atoms with Crippen LogP contribution in [0.5, 0.6) is 0 Å². The Morgan fingerprint density at radius 1 is 1.11 bits per heavy atom. The van der Waals surface area contributed by atoms with Crippen LogP contribution in [0.1, 0.15) is 37.0 Å². The van der Waals surface area contributed by atoms with Gasteiger partial charge in [0.15, 0.2) is 0 Å². The number of rotatable bonds is 11. The van der Waals surface area contributed by atoms with E-state index in [9.17, 15) is 28.1 Å². The fraction of sp³-hybridized carbons (Fsp3) is 0.417. The van der Waals surface area contributed by atoms with Crippen LogP contribution in [0.4, 0.5) is 11.4 Å². The summed E-state index contributed by atoms with van der Waals surface area (Å²) in [5.41, 5.74) is 1.92. The third-order valence-corrected chi connectivity index (χ3v) is 6.80. The third-order valence-electron chi connectivity index (χ3n) is 5.67. The first-order valence-corrected chi connectivity index (χ1v) is 13.1. The van der Waals surface area contributed by atoms with Crippen molar-refractivity contribution in [1.29, 1.82) is 0 Å². The Morgan fingerprint density at radius 2 is 1.77 bits per heavy atom. The molecule has 0 bridgehead atoms. The molecule has 0 fully saturated rings. The molecule has 0 aliphatic heterocycles. The number of nitro groups is 1. The second kappa shape index (κ2) is 11.8. The van der Waals surface area contributed by atoms with E-state index in [4.69, 9.17) is 0 Å². The lowest BCUT2D eigenvalue weighted by Gasteiger charge is -2.32. The van der Waals surface area contributed by atoms with Gasteiger partial charge < -0.3 is 10.2 Å². The molecule has 1 N–H and O–H groups in total. The standard InChI is InChI=1S/C24H32N4O6S/c1-6-13-25-24(30)19(4)26(15-20-10-8-7-9-17(20)2)23(29)16-27(35(5,33)34)22-14-21(28(31)32)12-11-18(22)3/h7-12,14,19H,6,13,15-16H2,1-5H3,(H,25,30). The Balaban J connectivity index is 2.48. The highest BCUT2D eigenvalue weighted by Gasteiger charge is 2.31. The summed E-state index contributed by atoms with van der Waals surface area (Å²) < 4.78 is 26.2. The lowest BCUT2D eigenvalue weighted by molar-refractivity contribution is -0.384. The van der Waals surface area contributed by atoms with Gasteiger partial charge >= 0.3 is 0 Å². The molecule has 190 valence electrons. The van der Waals surface area contributed by atoms with Crippen molar-refractivity contribution in [2.24, 2.45) is 0 Å². The predicted molar refractivity (Wildman–Crippen MR) is 135 cm³/mol. The molecular formula is C24H32N4O6S. The number of sulfonamides is 1. The molecule has 2 aromatic rings. The number of benzene rings is 2. The van der Waals surface area contributed by atoms with Gasteiger partial charge in [-0.15, -0.1) is 0 Å². The minimum Gasteiger partial charge on any atom is -0.354 e.